The summed E-state index contributed by atoms with van der Waals surface area (Å²) in [4.78, 5) is 19.4. The molecule has 2 N–H and O–H groups in total. The Hall–Kier alpha value is -4.21. The van der Waals surface area contributed by atoms with Gasteiger partial charge in [-0.3, -0.25) is 4.79 Å². The molecule has 1 aliphatic rings. The Balaban J connectivity index is 1.52. The molecule has 0 bridgehead atoms. The number of nitrogens with one attached hydrogen (secondary N) is 1. The highest BCUT2D eigenvalue weighted by Gasteiger charge is 2.53. The first-order valence-corrected chi connectivity index (χ1v) is 15.2. The minimum Gasteiger partial charge on any atom is -0.497 e. The Labute approximate surface area is 264 Å². The SMILES string of the molecule is COc1cccc([C@H]2OC(c3ccc(OCCCO)cc3)=N[C@@]2(Cc2ccc(Br)cc2)C(=O)NCCc2cccc(F)c2)c1. The van der Waals surface area contributed by atoms with Gasteiger partial charge >= 0.3 is 0 Å². The van der Waals surface area contributed by atoms with E-state index in [2.05, 4.69) is 21.2 Å². The minimum absolute atomic E-state index is 0.0547. The molecule has 9 heteroatoms. The van der Waals surface area contributed by atoms with Crippen LogP contribution in [0.1, 0.15) is 34.8 Å². The fourth-order valence-electron chi connectivity index (χ4n) is 5.17. The van der Waals surface area contributed by atoms with Gasteiger partial charge in [0.2, 0.25) is 5.90 Å². The van der Waals surface area contributed by atoms with Crippen molar-refractivity contribution in [3.05, 3.63) is 130 Å². The molecule has 1 aliphatic heterocycles. The number of halogens is 2. The number of carbonyl (C=O) groups excluding carboxylic acids is 1. The second-order valence-corrected chi connectivity index (χ2v) is 11.4. The Morgan fingerprint density at radius 1 is 1.00 bits per heavy atom. The van der Waals surface area contributed by atoms with Crippen LogP contribution in [0.3, 0.4) is 0 Å². The number of carbonyl (C=O) groups is 1. The van der Waals surface area contributed by atoms with Gasteiger partial charge in [-0.25, -0.2) is 9.38 Å². The quantitative estimate of drug-likeness (QED) is 0.166. The van der Waals surface area contributed by atoms with Gasteiger partial charge in [0.25, 0.3) is 5.91 Å². The van der Waals surface area contributed by atoms with Crippen LogP contribution < -0.4 is 14.8 Å². The maximum atomic E-state index is 14.4. The van der Waals surface area contributed by atoms with E-state index in [0.717, 1.165) is 21.2 Å². The van der Waals surface area contributed by atoms with Gasteiger partial charge in [-0.2, -0.15) is 0 Å². The second-order valence-electron chi connectivity index (χ2n) is 10.5. The van der Waals surface area contributed by atoms with E-state index in [0.29, 0.717) is 49.0 Å². The van der Waals surface area contributed by atoms with Crippen molar-refractivity contribution in [1.82, 2.24) is 5.32 Å². The predicted molar refractivity (Wildman–Crippen MR) is 171 cm³/mol. The lowest BCUT2D eigenvalue weighted by Crippen LogP contribution is -2.50. The molecule has 0 aliphatic carbocycles. The molecular formula is C35H34BrFN2O5. The van der Waals surface area contributed by atoms with Crippen molar-refractivity contribution < 1.29 is 28.5 Å². The first-order chi connectivity index (χ1) is 21.4. The fourth-order valence-corrected chi connectivity index (χ4v) is 5.43. The third-order valence-corrected chi connectivity index (χ3v) is 7.93. The predicted octanol–water partition coefficient (Wildman–Crippen LogP) is 6.22. The lowest BCUT2D eigenvalue weighted by Gasteiger charge is -2.31. The van der Waals surface area contributed by atoms with Crippen LogP contribution in [0.25, 0.3) is 0 Å². The average Bonchev–Trinajstić information content (AvgIpc) is 3.43. The van der Waals surface area contributed by atoms with E-state index in [9.17, 15) is 9.18 Å². The highest BCUT2D eigenvalue weighted by atomic mass is 79.9. The lowest BCUT2D eigenvalue weighted by atomic mass is 9.82. The van der Waals surface area contributed by atoms with Crippen molar-refractivity contribution in [2.75, 3.05) is 26.9 Å². The lowest BCUT2D eigenvalue weighted by molar-refractivity contribution is -0.128. The molecule has 0 unspecified atom stereocenters. The van der Waals surface area contributed by atoms with E-state index < -0.39 is 11.6 Å². The molecule has 5 rings (SSSR count). The first kappa shape index (κ1) is 31.2. The highest BCUT2D eigenvalue weighted by Crippen LogP contribution is 2.43. The zero-order chi connectivity index (χ0) is 30.9. The van der Waals surface area contributed by atoms with Crippen LogP contribution in [-0.2, 0) is 22.4 Å². The van der Waals surface area contributed by atoms with E-state index in [1.807, 2.05) is 78.9 Å². The molecule has 0 saturated heterocycles. The molecule has 2 atom stereocenters. The van der Waals surface area contributed by atoms with Crippen molar-refractivity contribution in [3.8, 4) is 11.5 Å². The number of hydrogen-bond donors (Lipinski definition) is 2. The number of aliphatic hydroxyl groups excluding tert-OH is 1. The number of ether oxygens (including phenoxy) is 3. The second kappa shape index (κ2) is 14.5. The van der Waals surface area contributed by atoms with Crippen molar-refractivity contribution >= 4 is 27.7 Å². The summed E-state index contributed by atoms with van der Waals surface area (Å²) in [5.41, 5.74) is 1.75. The molecule has 0 saturated carbocycles. The Morgan fingerprint density at radius 2 is 1.77 bits per heavy atom. The van der Waals surface area contributed by atoms with Crippen LogP contribution in [-0.4, -0.2) is 49.3 Å². The standard InChI is InChI=1S/C35H34BrFN2O5/c1-42-31-8-3-6-27(22-31)32-35(23-25-9-13-28(36)14-10-25,34(41)38-18-17-24-5-2-7-29(37)21-24)39-33(44-32)26-11-15-30(16-12-26)43-20-4-19-40/h2-3,5-16,21-22,32,40H,4,17-20,23H2,1H3,(H,38,41)/t32-,35-/m1/s1. The third-order valence-electron chi connectivity index (χ3n) is 7.40. The largest absolute Gasteiger partial charge is 0.497 e. The number of methoxy groups -OCH3 is 1. The maximum absolute atomic E-state index is 14.4. The summed E-state index contributed by atoms with van der Waals surface area (Å²) in [7, 11) is 1.59. The van der Waals surface area contributed by atoms with Gasteiger partial charge in [0.05, 0.1) is 13.7 Å². The molecule has 0 spiro atoms. The van der Waals surface area contributed by atoms with Gasteiger partial charge in [-0.1, -0.05) is 52.3 Å². The smallest absolute Gasteiger partial charge is 0.252 e. The summed E-state index contributed by atoms with van der Waals surface area (Å²) in [6.07, 6.45) is 0.481. The number of aliphatic imine (C=N–C) groups is 1. The molecule has 0 fully saturated rings. The van der Waals surface area contributed by atoms with Crippen molar-refractivity contribution in [2.24, 2.45) is 4.99 Å². The Bertz CT molecular complexity index is 1600. The summed E-state index contributed by atoms with van der Waals surface area (Å²) in [5, 5.41) is 12.1. The number of hydrogen-bond acceptors (Lipinski definition) is 6. The van der Waals surface area contributed by atoms with Crippen LogP contribution in [0.15, 0.2) is 107 Å². The van der Waals surface area contributed by atoms with Crippen molar-refractivity contribution in [3.63, 3.8) is 0 Å². The van der Waals surface area contributed by atoms with E-state index in [-0.39, 0.29) is 24.8 Å². The van der Waals surface area contributed by atoms with Gasteiger partial charge in [0.15, 0.2) is 11.6 Å². The fraction of sp³-hybridized carbons (Fsp3) is 0.257. The van der Waals surface area contributed by atoms with Gasteiger partial charge in [0, 0.05) is 36.0 Å². The van der Waals surface area contributed by atoms with Crippen molar-refractivity contribution in [2.45, 2.75) is 30.9 Å². The molecule has 1 heterocycles. The van der Waals surface area contributed by atoms with Crippen LogP contribution >= 0.6 is 15.9 Å². The number of aliphatic hydroxyl groups is 1. The maximum Gasteiger partial charge on any atom is 0.252 e. The normalized spacial score (nSPS) is 17.5. The number of nitrogens with zero attached hydrogens (tertiary/aromatic N) is 1. The van der Waals surface area contributed by atoms with Crippen LogP contribution in [0.5, 0.6) is 11.5 Å². The van der Waals surface area contributed by atoms with Crippen LogP contribution in [0.2, 0.25) is 0 Å². The summed E-state index contributed by atoms with van der Waals surface area (Å²) < 4.78 is 32.5. The average molecular weight is 662 g/mol. The molecular weight excluding hydrogens is 627 g/mol. The minimum atomic E-state index is -1.37. The molecule has 4 aromatic rings. The zero-order valence-corrected chi connectivity index (χ0v) is 25.9. The number of amides is 1. The Kier molecular flexibility index (Phi) is 10.3. The number of rotatable bonds is 13. The molecule has 0 radical (unpaired) electrons. The van der Waals surface area contributed by atoms with E-state index in [1.54, 1.807) is 13.2 Å². The van der Waals surface area contributed by atoms with Crippen molar-refractivity contribution in [1.29, 1.82) is 0 Å². The molecule has 0 aromatic heterocycles. The molecule has 228 valence electrons. The number of benzene rings is 4. The van der Waals surface area contributed by atoms with Gasteiger partial charge < -0.3 is 24.6 Å². The Morgan fingerprint density at radius 3 is 2.50 bits per heavy atom. The summed E-state index contributed by atoms with van der Waals surface area (Å²) in [5.74, 6) is 0.997. The zero-order valence-electron chi connectivity index (χ0n) is 24.3. The third kappa shape index (κ3) is 7.46. The van der Waals surface area contributed by atoms with E-state index in [4.69, 9.17) is 24.3 Å². The topological polar surface area (TPSA) is 89.4 Å². The highest BCUT2D eigenvalue weighted by molar-refractivity contribution is 9.10. The molecule has 4 aromatic carbocycles. The molecule has 7 nitrogen and oxygen atoms in total. The van der Waals surface area contributed by atoms with Gasteiger partial charge in [-0.15, -0.1) is 0 Å². The van der Waals surface area contributed by atoms with Crippen LogP contribution in [0.4, 0.5) is 4.39 Å². The van der Waals surface area contributed by atoms with E-state index in [1.165, 1.54) is 12.1 Å². The van der Waals surface area contributed by atoms with E-state index >= 15 is 0 Å². The summed E-state index contributed by atoms with van der Waals surface area (Å²) >= 11 is 3.50. The first-order valence-electron chi connectivity index (χ1n) is 14.4. The van der Waals surface area contributed by atoms with Crippen LogP contribution in [0, 0.1) is 5.82 Å². The molecule has 1 amide bonds. The molecule has 44 heavy (non-hydrogen) atoms. The summed E-state index contributed by atoms with van der Waals surface area (Å²) in [6, 6.07) is 28.9. The van der Waals surface area contributed by atoms with Gasteiger partial charge in [-0.05, 0) is 83.8 Å². The monoisotopic (exact) mass is 660 g/mol. The van der Waals surface area contributed by atoms with Gasteiger partial charge in [0.1, 0.15) is 17.3 Å². The summed E-state index contributed by atoms with van der Waals surface area (Å²) in [6.45, 7) is 0.746.